The smallest absolute Gasteiger partial charge is 0.317 e. The first-order chi connectivity index (χ1) is 3.83. The van der Waals surface area contributed by atoms with Crippen LogP contribution in [0.3, 0.4) is 0 Å². The highest BCUT2D eigenvalue weighted by molar-refractivity contribution is 9.06. The largest absolute Gasteiger partial charge is 0.384 e. The summed E-state index contributed by atoms with van der Waals surface area (Å²) in [5.74, 6) is 0.479. The van der Waals surface area contributed by atoms with Crippen LogP contribution in [0.5, 0.6) is 0 Å². The number of carbonyl (C=O) groups is 1. The second-order valence-corrected chi connectivity index (χ2v) is 2.42. The van der Waals surface area contributed by atoms with Crippen molar-refractivity contribution in [1.82, 2.24) is 0 Å². The lowest BCUT2D eigenvalue weighted by Crippen LogP contribution is -1.96. The third kappa shape index (κ3) is 1.82. The zero-order valence-corrected chi connectivity index (χ0v) is 5.98. The number of hydrogen-bond donors (Lipinski definition) is 0. The molecule has 0 aromatic heterocycles. The SMILES string of the molecule is O=C(CC1CC1)OBr. The summed E-state index contributed by atoms with van der Waals surface area (Å²) >= 11 is 2.62. The van der Waals surface area contributed by atoms with E-state index in [2.05, 4.69) is 20.1 Å². The van der Waals surface area contributed by atoms with Crippen LogP contribution in [0.25, 0.3) is 0 Å². The number of halogens is 1. The van der Waals surface area contributed by atoms with Crippen molar-refractivity contribution in [3.8, 4) is 0 Å². The van der Waals surface area contributed by atoms with Gasteiger partial charge in [-0.2, -0.15) is 0 Å². The van der Waals surface area contributed by atoms with Crippen LogP contribution >= 0.6 is 16.3 Å². The highest BCUT2D eigenvalue weighted by Gasteiger charge is 2.24. The van der Waals surface area contributed by atoms with Gasteiger partial charge < -0.3 is 3.83 Å². The van der Waals surface area contributed by atoms with E-state index in [4.69, 9.17) is 0 Å². The maximum absolute atomic E-state index is 10.4. The van der Waals surface area contributed by atoms with Crippen molar-refractivity contribution in [2.45, 2.75) is 19.3 Å². The van der Waals surface area contributed by atoms with Gasteiger partial charge in [0.25, 0.3) is 0 Å². The summed E-state index contributed by atoms with van der Waals surface area (Å²) in [5, 5.41) is 0. The van der Waals surface area contributed by atoms with Crippen LogP contribution in [-0.4, -0.2) is 5.97 Å². The molecule has 0 aromatic rings. The van der Waals surface area contributed by atoms with E-state index in [1.54, 1.807) is 0 Å². The molecule has 0 atom stereocenters. The highest BCUT2D eigenvalue weighted by atomic mass is 79.9. The Morgan fingerprint density at radius 1 is 1.75 bits per heavy atom. The third-order valence-corrected chi connectivity index (χ3v) is 1.60. The van der Waals surface area contributed by atoms with Gasteiger partial charge in [0.15, 0.2) is 16.3 Å². The van der Waals surface area contributed by atoms with Crippen LogP contribution < -0.4 is 0 Å². The third-order valence-electron chi connectivity index (χ3n) is 1.24. The molecule has 46 valence electrons. The Kier molecular flexibility index (Phi) is 1.89. The van der Waals surface area contributed by atoms with Gasteiger partial charge in [-0.05, 0) is 18.8 Å². The first kappa shape index (κ1) is 6.08. The lowest BCUT2D eigenvalue weighted by Gasteiger charge is -1.89. The van der Waals surface area contributed by atoms with Crippen molar-refractivity contribution in [2.24, 2.45) is 5.92 Å². The Bertz CT molecular complexity index is 98.6. The number of hydrogen-bond acceptors (Lipinski definition) is 2. The molecular formula is C5H7BrO2. The Labute approximate surface area is 56.7 Å². The van der Waals surface area contributed by atoms with Gasteiger partial charge in [0.05, 0.1) is 0 Å². The quantitative estimate of drug-likeness (QED) is 0.643. The summed E-state index contributed by atoms with van der Waals surface area (Å²) in [6, 6.07) is 0. The van der Waals surface area contributed by atoms with Crippen LogP contribution in [0.4, 0.5) is 0 Å². The summed E-state index contributed by atoms with van der Waals surface area (Å²) in [6.45, 7) is 0. The van der Waals surface area contributed by atoms with Crippen molar-refractivity contribution >= 4 is 22.2 Å². The minimum absolute atomic E-state index is 0.146. The molecule has 0 heterocycles. The minimum atomic E-state index is -0.146. The van der Waals surface area contributed by atoms with Crippen LogP contribution in [-0.2, 0) is 8.62 Å². The summed E-state index contributed by atoms with van der Waals surface area (Å²) in [6.07, 6.45) is 2.98. The fraction of sp³-hybridized carbons (Fsp3) is 0.800. The monoisotopic (exact) mass is 178 g/mol. The average Bonchev–Trinajstić information content (AvgIpc) is 2.50. The molecule has 0 aliphatic heterocycles. The van der Waals surface area contributed by atoms with E-state index in [0.717, 1.165) is 0 Å². The summed E-state index contributed by atoms with van der Waals surface area (Å²) in [7, 11) is 0. The first-order valence-electron chi connectivity index (χ1n) is 2.64. The van der Waals surface area contributed by atoms with Crippen LogP contribution in [0.15, 0.2) is 0 Å². The Morgan fingerprint density at radius 3 is 2.75 bits per heavy atom. The normalized spacial score (nSPS) is 18.1. The molecule has 0 bridgehead atoms. The summed E-state index contributed by atoms with van der Waals surface area (Å²) < 4.78 is 4.27. The van der Waals surface area contributed by atoms with Gasteiger partial charge in [-0.3, -0.25) is 4.79 Å². The zero-order valence-electron chi connectivity index (χ0n) is 4.39. The molecule has 0 amide bonds. The van der Waals surface area contributed by atoms with Crippen molar-refractivity contribution in [2.75, 3.05) is 0 Å². The van der Waals surface area contributed by atoms with Crippen molar-refractivity contribution in [3.63, 3.8) is 0 Å². The molecule has 1 rings (SSSR count). The van der Waals surface area contributed by atoms with E-state index < -0.39 is 0 Å². The van der Waals surface area contributed by atoms with Crippen molar-refractivity contribution in [3.05, 3.63) is 0 Å². The maximum atomic E-state index is 10.4. The average molecular weight is 179 g/mol. The van der Waals surface area contributed by atoms with Crippen LogP contribution in [0.2, 0.25) is 0 Å². The molecule has 1 aliphatic rings. The molecule has 0 N–H and O–H groups in total. The molecule has 0 radical (unpaired) electrons. The van der Waals surface area contributed by atoms with Gasteiger partial charge in [-0.15, -0.1) is 0 Å². The lowest BCUT2D eigenvalue weighted by molar-refractivity contribution is -0.132. The predicted octanol–water partition coefficient (Wildman–Crippen LogP) is 1.64. The molecule has 8 heavy (non-hydrogen) atoms. The predicted molar refractivity (Wildman–Crippen MR) is 32.4 cm³/mol. The van der Waals surface area contributed by atoms with E-state index in [1.807, 2.05) is 0 Å². The first-order valence-corrected chi connectivity index (χ1v) is 3.29. The van der Waals surface area contributed by atoms with Gasteiger partial charge in [0, 0.05) is 6.42 Å². The number of rotatable bonds is 2. The molecule has 3 heteroatoms. The van der Waals surface area contributed by atoms with Gasteiger partial charge in [-0.1, -0.05) is 0 Å². The molecule has 0 aromatic carbocycles. The lowest BCUT2D eigenvalue weighted by atomic mass is 10.3. The van der Waals surface area contributed by atoms with Gasteiger partial charge in [-0.25, -0.2) is 0 Å². The maximum Gasteiger partial charge on any atom is 0.317 e. The molecule has 1 fully saturated rings. The standard InChI is InChI=1S/C5H7BrO2/c6-8-5(7)3-4-1-2-4/h4H,1-3H2. The highest BCUT2D eigenvalue weighted by Crippen LogP contribution is 2.32. The van der Waals surface area contributed by atoms with Crippen LogP contribution in [0, 0.1) is 5.92 Å². The molecular weight excluding hydrogens is 172 g/mol. The van der Waals surface area contributed by atoms with Crippen molar-refractivity contribution < 1.29 is 8.62 Å². The molecule has 1 aliphatic carbocycles. The summed E-state index contributed by atoms with van der Waals surface area (Å²) in [4.78, 5) is 10.4. The fourth-order valence-electron chi connectivity index (χ4n) is 0.589. The zero-order chi connectivity index (χ0) is 5.98. The Morgan fingerprint density at radius 2 is 2.38 bits per heavy atom. The van der Waals surface area contributed by atoms with E-state index in [1.165, 1.54) is 12.8 Å². The van der Waals surface area contributed by atoms with E-state index >= 15 is 0 Å². The Balaban J connectivity index is 2.07. The second kappa shape index (κ2) is 2.49. The van der Waals surface area contributed by atoms with E-state index in [0.29, 0.717) is 12.3 Å². The summed E-state index contributed by atoms with van der Waals surface area (Å²) in [5.41, 5.74) is 0. The second-order valence-electron chi connectivity index (χ2n) is 2.10. The molecule has 2 nitrogen and oxygen atoms in total. The fourth-order valence-corrected chi connectivity index (χ4v) is 0.721. The number of carbonyl (C=O) groups excluding carboxylic acids is 1. The van der Waals surface area contributed by atoms with Gasteiger partial charge in [0.1, 0.15) is 0 Å². The van der Waals surface area contributed by atoms with Gasteiger partial charge >= 0.3 is 5.97 Å². The molecule has 0 spiro atoms. The molecule has 0 unspecified atom stereocenters. The van der Waals surface area contributed by atoms with Crippen LogP contribution in [0.1, 0.15) is 19.3 Å². The minimum Gasteiger partial charge on any atom is -0.384 e. The Hall–Kier alpha value is -0.0500. The van der Waals surface area contributed by atoms with Gasteiger partial charge in [0.2, 0.25) is 0 Å². The molecule has 0 saturated heterocycles. The topological polar surface area (TPSA) is 26.3 Å². The van der Waals surface area contributed by atoms with E-state index in [-0.39, 0.29) is 5.97 Å². The van der Waals surface area contributed by atoms with E-state index in [9.17, 15) is 4.79 Å². The molecule has 1 saturated carbocycles. The van der Waals surface area contributed by atoms with Crippen molar-refractivity contribution in [1.29, 1.82) is 0 Å².